The number of nitrogen functional groups attached to an aromatic ring is 1. The lowest BCUT2D eigenvalue weighted by Gasteiger charge is -2.04. The first-order chi connectivity index (χ1) is 8.54. The predicted molar refractivity (Wildman–Crippen MR) is 71.7 cm³/mol. The van der Waals surface area contributed by atoms with Gasteiger partial charge in [0.2, 0.25) is 5.91 Å². The average Bonchev–Trinajstić information content (AvgIpc) is 3.01. The number of urea groups is 1. The van der Waals surface area contributed by atoms with E-state index in [0.29, 0.717) is 5.13 Å². The van der Waals surface area contributed by atoms with Crippen molar-refractivity contribution >= 4 is 40.2 Å². The zero-order valence-corrected chi connectivity index (χ0v) is 11.5. The lowest BCUT2D eigenvalue weighted by atomic mass is 10.6. The quantitative estimate of drug-likeness (QED) is 0.720. The third kappa shape index (κ3) is 3.88. The van der Waals surface area contributed by atoms with E-state index < -0.39 is 6.03 Å². The Labute approximate surface area is 113 Å². The minimum absolute atomic E-state index is 0.181. The molecule has 1 heterocycles. The Kier molecular flexibility index (Phi) is 4.07. The van der Waals surface area contributed by atoms with E-state index in [1.807, 2.05) is 6.92 Å². The minimum Gasteiger partial charge on any atom is -0.375 e. The van der Waals surface area contributed by atoms with Crippen LogP contribution in [0.15, 0.2) is 4.21 Å². The number of hydrogen-bond acceptors (Lipinski definition) is 6. The number of hydrogen-bond donors (Lipinski definition) is 3. The van der Waals surface area contributed by atoms with Crippen LogP contribution in [0.25, 0.3) is 0 Å². The summed E-state index contributed by atoms with van der Waals surface area (Å²) >= 11 is 2.68. The van der Waals surface area contributed by atoms with E-state index in [0.717, 1.165) is 22.7 Å². The van der Waals surface area contributed by atoms with Crippen molar-refractivity contribution in [3.63, 3.8) is 0 Å². The molecule has 0 unspecified atom stereocenters. The van der Waals surface area contributed by atoms with E-state index in [-0.39, 0.29) is 17.7 Å². The molecular weight excluding hydrogens is 272 g/mol. The molecule has 1 aromatic heterocycles. The second kappa shape index (κ2) is 5.57. The van der Waals surface area contributed by atoms with Crippen molar-refractivity contribution in [1.29, 1.82) is 0 Å². The van der Waals surface area contributed by atoms with E-state index in [4.69, 9.17) is 5.73 Å². The number of imide groups is 1. The fourth-order valence-electron chi connectivity index (χ4n) is 1.28. The third-order valence-electron chi connectivity index (χ3n) is 2.27. The summed E-state index contributed by atoms with van der Waals surface area (Å²) in [6, 6.07) is -0.169. The van der Waals surface area contributed by atoms with Gasteiger partial charge in [0.25, 0.3) is 0 Å². The molecule has 0 aliphatic heterocycles. The van der Waals surface area contributed by atoms with Crippen LogP contribution in [0.5, 0.6) is 0 Å². The van der Waals surface area contributed by atoms with Gasteiger partial charge in [0.1, 0.15) is 0 Å². The van der Waals surface area contributed by atoms with Gasteiger partial charge in [0, 0.05) is 6.04 Å². The molecule has 0 atom stereocenters. The molecule has 1 aliphatic rings. The summed E-state index contributed by atoms with van der Waals surface area (Å²) in [5.41, 5.74) is 6.38. The first kappa shape index (κ1) is 13.2. The number of carbonyl (C=O) groups is 2. The Morgan fingerprint density at radius 3 is 2.83 bits per heavy atom. The van der Waals surface area contributed by atoms with Crippen molar-refractivity contribution in [3.8, 4) is 0 Å². The largest absolute Gasteiger partial charge is 0.375 e. The maximum absolute atomic E-state index is 11.5. The van der Waals surface area contributed by atoms with Gasteiger partial charge in [-0.15, -0.1) is 11.8 Å². The highest BCUT2D eigenvalue weighted by Gasteiger charge is 2.23. The van der Waals surface area contributed by atoms with Gasteiger partial charge in [-0.25, -0.2) is 9.78 Å². The van der Waals surface area contributed by atoms with Crippen molar-refractivity contribution in [2.45, 2.75) is 30.0 Å². The fraction of sp³-hybridized carbons (Fsp3) is 0.500. The molecule has 0 saturated heterocycles. The molecule has 0 bridgehead atoms. The van der Waals surface area contributed by atoms with Crippen LogP contribution in [-0.4, -0.2) is 28.7 Å². The molecule has 1 fully saturated rings. The van der Waals surface area contributed by atoms with Crippen LogP contribution in [0.3, 0.4) is 0 Å². The zero-order chi connectivity index (χ0) is 13.1. The molecule has 6 nitrogen and oxygen atoms in total. The zero-order valence-electron chi connectivity index (χ0n) is 9.86. The number of aryl methyl sites for hydroxylation is 1. The summed E-state index contributed by atoms with van der Waals surface area (Å²) in [5.74, 6) is -0.134. The van der Waals surface area contributed by atoms with Gasteiger partial charge in [-0.2, -0.15) is 0 Å². The average molecular weight is 286 g/mol. The van der Waals surface area contributed by atoms with E-state index in [1.54, 1.807) is 0 Å². The van der Waals surface area contributed by atoms with Gasteiger partial charge in [0.05, 0.1) is 15.7 Å². The Morgan fingerprint density at radius 2 is 2.28 bits per heavy atom. The standard InChI is InChI=1S/C10H14N4O2S2/c1-5-8(18-9(11)12-5)17-4-7(15)14-10(16)13-6-2-3-6/h6H,2-4H2,1H3,(H2,11,12)(H2,13,14,15,16). The fourth-order valence-corrected chi connectivity index (χ4v) is 3.10. The van der Waals surface area contributed by atoms with Gasteiger partial charge in [-0.05, 0) is 19.8 Å². The summed E-state index contributed by atoms with van der Waals surface area (Å²) in [5, 5.41) is 5.47. The summed E-state index contributed by atoms with van der Waals surface area (Å²) in [4.78, 5) is 26.9. The summed E-state index contributed by atoms with van der Waals surface area (Å²) in [6.07, 6.45) is 1.99. The molecule has 0 aromatic carbocycles. The maximum Gasteiger partial charge on any atom is 0.321 e. The SMILES string of the molecule is Cc1nc(N)sc1SCC(=O)NC(=O)NC1CC1. The minimum atomic E-state index is -0.413. The van der Waals surface area contributed by atoms with Crippen molar-refractivity contribution < 1.29 is 9.59 Å². The molecule has 4 N–H and O–H groups in total. The Morgan fingerprint density at radius 1 is 1.56 bits per heavy atom. The van der Waals surface area contributed by atoms with Crippen molar-refractivity contribution in [3.05, 3.63) is 5.69 Å². The van der Waals surface area contributed by atoms with Gasteiger partial charge >= 0.3 is 6.03 Å². The number of anilines is 1. The highest BCUT2D eigenvalue weighted by Crippen LogP contribution is 2.30. The van der Waals surface area contributed by atoms with Crippen LogP contribution in [-0.2, 0) is 4.79 Å². The van der Waals surface area contributed by atoms with E-state index in [1.165, 1.54) is 23.1 Å². The molecule has 3 amide bonds. The van der Waals surface area contributed by atoms with Gasteiger partial charge in [0.15, 0.2) is 5.13 Å². The first-order valence-corrected chi connectivity index (χ1v) is 7.31. The molecule has 1 aliphatic carbocycles. The highest BCUT2D eigenvalue weighted by molar-refractivity contribution is 8.01. The number of thioether (sulfide) groups is 1. The van der Waals surface area contributed by atoms with Crippen LogP contribution in [0.1, 0.15) is 18.5 Å². The molecule has 8 heteroatoms. The number of thiazole rings is 1. The molecule has 18 heavy (non-hydrogen) atoms. The van der Waals surface area contributed by atoms with Crippen LogP contribution < -0.4 is 16.4 Å². The number of aromatic nitrogens is 1. The molecule has 98 valence electrons. The number of nitrogens with zero attached hydrogens (tertiary/aromatic N) is 1. The van der Waals surface area contributed by atoms with Gasteiger partial charge < -0.3 is 11.1 Å². The second-order valence-corrected chi connectivity index (χ2v) is 6.28. The van der Waals surface area contributed by atoms with Crippen LogP contribution in [0.2, 0.25) is 0 Å². The van der Waals surface area contributed by atoms with E-state index in [2.05, 4.69) is 15.6 Å². The molecule has 2 rings (SSSR count). The Balaban J connectivity index is 1.73. The maximum atomic E-state index is 11.5. The van der Waals surface area contributed by atoms with Gasteiger partial charge in [-0.1, -0.05) is 11.3 Å². The molecular formula is C10H14N4O2S2. The molecule has 0 spiro atoms. The normalized spacial score (nSPS) is 14.3. The van der Waals surface area contributed by atoms with Crippen molar-refractivity contribution in [1.82, 2.24) is 15.6 Å². The van der Waals surface area contributed by atoms with Crippen LogP contribution >= 0.6 is 23.1 Å². The third-order valence-corrected chi connectivity index (χ3v) is 4.62. The van der Waals surface area contributed by atoms with Gasteiger partial charge in [-0.3, -0.25) is 10.1 Å². The highest BCUT2D eigenvalue weighted by atomic mass is 32.2. The Bertz CT molecular complexity index is 470. The van der Waals surface area contributed by atoms with Crippen LogP contribution in [0.4, 0.5) is 9.93 Å². The lowest BCUT2D eigenvalue weighted by Crippen LogP contribution is -2.41. The molecule has 1 aromatic rings. The number of nitrogens with one attached hydrogen (secondary N) is 2. The number of nitrogens with two attached hydrogens (primary N) is 1. The summed E-state index contributed by atoms with van der Waals surface area (Å²) in [6.45, 7) is 1.84. The lowest BCUT2D eigenvalue weighted by molar-refractivity contribution is -0.117. The second-order valence-electron chi connectivity index (χ2n) is 4.01. The van der Waals surface area contributed by atoms with Crippen molar-refractivity contribution in [2.24, 2.45) is 0 Å². The molecule has 1 saturated carbocycles. The van der Waals surface area contributed by atoms with Crippen molar-refractivity contribution in [2.75, 3.05) is 11.5 Å². The summed E-state index contributed by atoms with van der Waals surface area (Å²) in [7, 11) is 0. The van der Waals surface area contributed by atoms with E-state index >= 15 is 0 Å². The topological polar surface area (TPSA) is 97.1 Å². The number of rotatable bonds is 4. The Hall–Kier alpha value is -1.28. The van der Waals surface area contributed by atoms with E-state index in [9.17, 15) is 9.59 Å². The first-order valence-electron chi connectivity index (χ1n) is 5.50. The molecule has 0 radical (unpaired) electrons. The summed E-state index contributed by atoms with van der Waals surface area (Å²) < 4.78 is 0.908. The number of amides is 3. The van der Waals surface area contributed by atoms with Crippen LogP contribution in [0, 0.1) is 6.92 Å². The number of carbonyl (C=O) groups excluding carboxylic acids is 2. The predicted octanol–water partition coefficient (Wildman–Crippen LogP) is 1.11. The smallest absolute Gasteiger partial charge is 0.321 e. The monoisotopic (exact) mass is 286 g/mol.